The van der Waals surface area contributed by atoms with Gasteiger partial charge in [0.2, 0.25) is 0 Å². The number of hydrogen-bond donors (Lipinski definition) is 2. The molecule has 6 bridgehead atoms. The van der Waals surface area contributed by atoms with E-state index < -0.39 is 17.3 Å². The summed E-state index contributed by atoms with van der Waals surface area (Å²) in [6, 6.07) is 13.9. The van der Waals surface area contributed by atoms with Crippen molar-refractivity contribution >= 4 is 29.2 Å². The van der Waals surface area contributed by atoms with Crippen molar-refractivity contribution in [1.82, 2.24) is 15.3 Å². The van der Waals surface area contributed by atoms with E-state index >= 15 is 0 Å². The largest absolute Gasteiger partial charge is 0.485 e. The number of carbonyl (C=O) groups excluding carboxylic acids is 2. The number of aromatic nitrogens is 2. The van der Waals surface area contributed by atoms with Gasteiger partial charge in [-0.2, -0.15) is 0 Å². The molecule has 1 aromatic heterocycles. The van der Waals surface area contributed by atoms with Crippen LogP contribution >= 0.6 is 11.6 Å². The van der Waals surface area contributed by atoms with Crippen LogP contribution in [0.1, 0.15) is 71.3 Å². The zero-order valence-corrected chi connectivity index (χ0v) is 28.8. The van der Waals surface area contributed by atoms with E-state index in [-0.39, 0.29) is 55.6 Å². The predicted molar refractivity (Wildman–Crippen MR) is 188 cm³/mol. The molecule has 0 radical (unpaired) electrons. The lowest BCUT2D eigenvalue weighted by Gasteiger charge is -2.51. The molecule has 49 heavy (non-hydrogen) atoms. The first-order valence-electron chi connectivity index (χ1n) is 17.0. The van der Waals surface area contributed by atoms with Crippen LogP contribution in [0, 0.1) is 18.8 Å². The van der Waals surface area contributed by atoms with Gasteiger partial charge in [-0.05, 0) is 60.9 Å². The molecule has 0 spiro atoms. The topological polar surface area (TPSA) is 114 Å². The Morgan fingerprint density at radius 1 is 1.08 bits per heavy atom. The first kappa shape index (κ1) is 33.0. The summed E-state index contributed by atoms with van der Waals surface area (Å²) in [5.74, 6) is -0.484. The first-order chi connectivity index (χ1) is 23.8. The highest BCUT2D eigenvalue weighted by Gasteiger charge is 2.57. The number of hydrogen-bond acceptors (Lipinski definition) is 8. The number of aryl methyl sites for hydroxylation is 1. The van der Waals surface area contributed by atoms with Crippen LogP contribution in [-0.4, -0.2) is 53.2 Å². The third-order valence-corrected chi connectivity index (χ3v) is 11.2. The predicted octanol–water partition coefficient (Wildman–Crippen LogP) is 6.13. The van der Waals surface area contributed by atoms with Gasteiger partial charge >= 0.3 is 5.97 Å². The van der Waals surface area contributed by atoms with Crippen LogP contribution in [0.3, 0.4) is 0 Å². The second-order valence-corrected chi connectivity index (χ2v) is 13.6. The molecule has 2 N–H and O–H groups in total. The van der Waals surface area contributed by atoms with E-state index in [9.17, 15) is 14.7 Å². The number of aliphatic hydroxyl groups is 1. The number of fused-ring (bicyclic) bond motifs is 2. The summed E-state index contributed by atoms with van der Waals surface area (Å²) in [5.41, 5.74) is 6.01. The van der Waals surface area contributed by atoms with Gasteiger partial charge in [-0.1, -0.05) is 79.2 Å². The quantitative estimate of drug-likeness (QED) is 0.233. The molecule has 5 aliphatic heterocycles. The third kappa shape index (κ3) is 5.63. The van der Waals surface area contributed by atoms with Crippen LogP contribution in [0.4, 0.5) is 5.69 Å². The number of anilines is 1. The Morgan fingerprint density at radius 2 is 1.80 bits per heavy atom. The highest BCUT2D eigenvalue weighted by atomic mass is 35.5. The number of amides is 1. The van der Waals surface area contributed by atoms with Crippen LogP contribution < -0.4 is 15.0 Å². The lowest BCUT2D eigenvalue weighted by Crippen LogP contribution is -2.50. The minimum absolute atomic E-state index is 0.00829. The Bertz CT molecular complexity index is 1860. The van der Waals surface area contributed by atoms with Gasteiger partial charge in [0.1, 0.15) is 19.0 Å². The fourth-order valence-electron chi connectivity index (χ4n) is 8.56. The highest BCUT2D eigenvalue weighted by molar-refractivity contribution is 6.32. The van der Waals surface area contributed by atoms with E-state index in [1.807, 2.05) is 37.3 Å². The SMILES string of the molecule is CCOC(=O)CNC(=O)c1nc(C(C)C2(C3C4=CC=C3C=C4)c3ccc(c(CO)c3Cl)N3CCC2CC3)nc(C)c1OCc1ccccc1. The molecule has 2 aromatic carbocycles. The Hall–Kier alpha value is -4.47. The van der Waals surface area contributed by atoms with Crippen molar-refractivity contribution in [3.05, 3.63) is 117 Å². The molecule has 3 aromatic rings. The number of rotatable bonds is 11. The zero-order valence-electron chi connectivity index (χ0n) is 28.0. The summed E-state index contributed by atoms with van der Waals surface area (Å²) < 4.78 is 11.3. The van der Waals surface area contributed by atoms with Gasteiger partial charge < -0.3 is 24.8 Å². The fourth-order valence-corrected chi connectivity index (χ4v) is 8.94. The maximum Gasteiger partial charge on any atom is 0.325 e. The lowest BCUT2D eigenvalue weighted by atomic mass is 9.52. The van der Waals surface area contributed by atoms with Crippen molar-refractivity contribution in [3.63, 3.8) is 0 Å². The van der Waals surface area contributed by atoms with E-state index in [0.717, 1.165) is 48.3 Å². The van der Waals surface area contributed by atoms with Crippen molar-refractivity contribution in [1.29, 1.82) is 0 Å². The summed E-state index contributed by atoms with van der Waals surface area (Å²) in [6.07, 6.45) is 10.6. The molecule has 2 aliphatic carbocycles. The van der Waals surface area contributed by atoms with Crippen molar-refractivity contribution in [2.75, 3.05) is 31.1 Å². The lowest BCUT2D eigenvalue weighted by molar-refractivity contribution is -0.141. The summed E-state index contributed by atoms with van der Waals surface area (Å²) in [5, 5.41) is 13.9. The molecule has 7 aliphatic rings. The summed E-state index contributed by atoms with van der Waals surface area (Å²) in [4.78, 5) is 38.5. The van der Waals surface area contributed by atoms with Crippen molar-refractivity contribution in [3.8, 4) is 5.75 Å². The van der Waals surface area contributed by atoms with E-state index in [1.54, 1.807) is 6.92 Å². The van der Waals surface area contributed by atoms with Crippen molar-refractivity contribution in [2.45, 2.75) is 58.2 Å². The van der Waals surface area contributed by atoms with Crippen LogP contribution in [0.2, 0.25) is 5.02 Å². The monoisotopic (exact) mass is 680 g/mol. The van der Waals surface area contributed by atoms with Crippen molar-refractivity contribution in [2.24, 2.45) is 11.8 Å². The minimum atomic E-state index is -0.606. The minimum Gasteiger partial charge on any atom is -0.485 e. The summed E-state index contributed by atoms with van der Waals surface area (Å²) in [7, 11) is 0. The fraction of sp³-hybridized carbons (Fsp3) is 0.385. The first-order valence-corrected chi connectivity index (χ1v) is 17.4. The second kappa shape index (κ2) is 13.4. The molecule has 2 unspecified atom stereocenters. The standard InChI is InChI=1S/C39H41ClN4O5/c1-4-48-32(46)20-41-38(47)35-36(49-22-25-8-6-5-7-9-25)24(3)42-37(43-35)23(2)39(33-26-10-11-27(33)13-12-26)28-16-18-44(19-17-28)31-15-14-30(39)34(40)29(31)21-45/h5-15,23,28,33,45H,4,16-22H2,1-3H3,(H,41,47). The van der Waals surface area contributed by atoms with E-state index in [4.69, 9.17) is 31.0 Å². The maximum absolute atomic E-state index is 13.9. The third-order valence-electron chi connectivity index (χ3n) is 10.7. The van der Waals surface area contributed by atoms with Gasteiger partial charge in [0.05, 0.1) is 23.9 Å². The molecule has 1 amide bonds. The van der Waals surface area contributed by atoms with Crippen molar-refractivity contribution < 1.29 is 24.2 Å². The van der Waals surface area contributed by atoms with Gasteiger partial charge in [-0.3, -0.25) is 9.59 Å². The summed E-state index contributed by atoms with van der Waals surface area (Å²) in [6.45, 7) is 7.31. The molecule has 254 valence electrons. The molecular formula is C39H41ClN4O5. The number of piperidine rings is 1. The highest BCUT2D eigenvalue weighted by Crippen LogP contribution is 2.62. The molecule has 10 rings (SSSR count). The molecular weight excluding hydrogens is 640 g/mol. The number of ether oxygens (including phenoxy) is 2. The Balaban J connectivity index is 1.38. The molecule has 1 saturated heterocycles. The van der Waals surface area contributed by atoms with Gasteiger partial charge in [0, 0.05) is 41.6 Å². The number of halogens is 1. The molecule has 2 atom stereocenters. The van der Waals surface area contributed by atoms with E-state index in [2.05, 4.69) is 53.6 Å². The molecule has 1 fully saturated rings. The number of nitrogens with one attached hydrogen (secondary N) is 1. The number of carbonyl (C=O) groups is 2. The smallest absolute Gasteiger partial charge is 0.325 e. The van der Waals surface area contributed by atoms with Gasteiger partial charge in [0.15, 0.2) is 11.4 Å². The second-order valence-electron chi connectivity index (χ2n) is 13.2. The Morgan fingerprint density at radius 3 is 2.45 bits per heavy atom. The number of nitrogens with zero attached hydrogens (tertiary/aromatic N) is 3. The van der Waals surface area contributed by atoms with E-state index in [1.165, 1.54) is 11.1 Å². The van der Waals surface area contributed by atoms with E-state index in [0.29, 0.717) is 16.5 Å². The van der Waals surface area contributed by atoms with Gasteiger partial charge in [-0.25, -0.2) is 9.97 Å². The Kier molecular flexibility index (Phi) is 9.07. The van der Waals surface area contributed by atoms with Crippen LogP contribution in [0.15, 0.2) is 77.9 Å². The van der Waals surface area contributed by atoms with Gasteiger partial charge in [-0.15, -0.1) is 0 Å². The van der Waals surface area contributed by atoms with Crippen LogP contribution in [-0.2, 0) is 28.2 Å². The molecule has 10 heteroatoms. The maximum atomic E-state index is 13.9. The normalized spacial score (nSPS) is 21.2. The number of benzene rings is 2. The van der Waals surface area contributed by atoms with Crippen LogP contribution in [0.5, 0.6) is 5.75 Å². The Labute approximate surface area is 291 Å². The number of aliphatic hydroxyl groups excluding tert-OH is 1. The number of allylic oxidation sites excluding steroid dienone is 6. The molecule has 9 nitrogen and oxygen atoms in total. The zero-order chi connectivity index (χ0) is 34.3. The average Bonchev–Trinajstić information content (AvgIpc) is 3.75. The summed E-state index contributed by atoms with van der Waals surface area (Å²) >= 11 is 7.39. The van der Waals surface area contributed by atoms with Gasteiger partial charge in [0.25, 0.3) is 5.91 Å². The number of esters is 1. The average molecular weight is 681 g/mol. The molecule has 0 saturated carbocycles. The van der Waals surface area contributed by atoms with Crippen LogP contribution in [0.25, 0.3) is 0 Å². The molecule has 6 heterocycles.